The summed E-state index contributed by atoms with van der Waals surface area (Å²) < 4.78 is 2.47. The van der Waals surface area contributed by atoms with E-state index in [4.69, 9.17) is 0 Å². The van der Waals surface area contributed by atoms with Crippen molar-refractivity contribution in [2.75, 3.05) is 4.90 Å². The summed E-state index contributed by atoms with van der Waals surface area (Å²) in [6, 6.07) is 78.3. The van der Waals surface area contributed by atoms with E-state index in [-0.39, 0.29) is 5.41 Å². The van der Waals surface area contributed by atoms with Crippen LogP contribution in [0.1, 0.15) is 36.1 Å². The van der Waals surface area contributed by atoms with Crippen molar-refractivity contribution in [1.82, 2.24) is 4.57 Å². The summed E-state index contributed by atoms with van der Waals surface area (Å²) in [5.74, 6) is 6.75. The first kappa shape index (κ1) is 36.2. The van der Waals surface area contributed by atoms with E-state index in [0.717, 1.165) is 28.2 Å². The van der Waals surface area contributed by atoms with Crippen LogP contribution >= 0.6 is 0 Å². The number of anilines is 3. The number of rotatable bonds is 6. The van der Waals surface area contributed by atoms with Gasteiger partial charge in [0.25, 0.3) is 0 Å². The van der Waals surface area contributed by atoms with Gasteiger partial charge >= 0.3 is 0 Å². The number of para-hydroxylation sites is 4. The summed E-state index contributed by atoms with van der Waals surface area (Å²) in [5, 5.41) is 2.59. The zero-order valence-corrected chi connectivity index (χ0v) is 34.2. The van der Waals surface area contributed by atoms with E-state index in [2.05, 4.69) is 241 Å². The molecular weight excluding hydrogens is 737 g/mol. The minimum atomic E-state index is -0.193. The first-order valence-electron chi connectivity index (χ1n) is 21.0. The molecule has 0 saturated carbocycles. The normalized spacial score (nSPS) is 12.4. The van der Waals surface area contributed by atoms with Crippen molar-refractivity contribution < 1.29 is 0 Å². The molecule has 1 aliphatic carbocycles. The lowest BCUT2D eigenvalue weighted by Gasteiger charge is -2.25. The summed E-state index contributed by atoms with van der Waals surface area (Å²) in [6.45, 7) is 4.79. The van der Waals surface area contributed by atoms with Crippen LogP contribution in [0.4, 0.5) is 17.1 Å². The minimum Gasteiger partial charge on any atom is -0.311 e. The Morgan fingerprint density at radius 1 is 0.410 bits per heavy atom. The molecule has 0 radical (unpaired) electrons. The maximum atomic E-state index is 3.38. The highest BCUT2D eigenvalue weighted by atomic mass is 15.1. The van der Waals surface area contributed by atoms with E-state index in [1.165, 1.54) is 72.0 Å². The van der Waals surface area contributed by atoms with Crippen molar-refractivity contribution in [1.29, 1.82) is 0 Å². The molecule has 0 unspecified atom stereocenters. The quantitative estimate of drug-likeness (QED) is 0.153. The van der Waals surface area contributed by atoms with Gasteiger partial charge in [-0.3, -0.25) is 0 Å². The topological polar surface area (TPSA) is 8.17 Å². The molecular formula is C59H42N2. The first-order valence-corrected chi connectivity index (χ1v) is 21.0. The monoisotopic (exact) mass is 778 g/mol. The molecule has 0 aliphatic heterocycles. The molecule has 0 atom stereocenters. The van der Waals surface area contributed by atoms with Gasteiger partial charge in [-0.05, 0) is 129 Å². The number of hydrogen-bond acceptors (Lipinski definition) is 1. The number of aromatic nitrogens is 1. The standard InChI is InChI=1S/C59H42N2/c1-59(2)55-40-46(34-37-51(55)53-38-39-54-52-20-12-13-21-56(52)61(58(54)57(53)59)49-18-10-5-11-19-49)45-32-30-44(31-33-45)43-28-24-41(25-29-43)22-23-42-26-35-50(36-27-42)60(47-14-6-3-7-15-47)48-16-8-4-9-17-48/h3-21,24-40H,1-2H3. The van der Waals surface area contributed by atoms with E-state index in [1.54, 1.807) is 0 Å². The third kappa shape index (κ3) is 6.31. The van der Waals surface area contributed by atoms with Gasteiger partial charge in [-0.15, -0.1) is 0 Å². The molecule has 288 valence electrons. The second-order valence-electron chi connectivity index (χ2n) is 16.4. The van der Waals surface area contributed by atoms with Gasteiger partial charge in [0.1, 0.15) is 0 Å². The van der Waals surface area contributed by atoms with Crippen LogP contribution in [0.5, 0.6) is 0 Å². The molecule has 2 heteroatoms. The highest BCUT2D eigenvalue weighted by Crippen LogP contribution is 2.53. The lowest BCUT2D eigenvalue weighted by Crippen LogP contribution is -2.16. The fourth-order valence-electron chi connectivity index (χ4n) is 9.41. The number of fused-ring (bicyclic) bond motifs is 7. The van der Waals surface area contributed by atoms with Crippen LogP contribution in [0.25, 0.3) is 60.9 Å². The predicted octanol–water partition coefficient (Wildman–Crippen LogP) is 15.3. The fraction of sp³-hybridized carbons (Fsp3) is 0.0508. The molecule has 1 aliphatic rings. The molecule has 1 heterocycles. The van der Waals surface area contributed by atoms with E-state index in [0.29, 0.717) is 0 Å². The van der Waals surface area contributed by atoms with Crippen LogP contribution in [0.15, 0.2) is 218 Å². The largest absolute Gasteiger partial charge is 0.311 e. The average molecular weight is 779 g/mol. The van der Waals surface area contributed by atoms with Crippen LogP contribution in [-0.2, 0) is 5.41 Å². The Kier molecular flexibility index (Phi) is 8.76. The van der Waals surface area contributed by atoms with E-state index < -0.39 is 0 Å². The Balaban J connectivity index is 0.839. The van der Waals surface area contributed by atoms with Crippen molar-refractivity contribution >= 4 is 38.9 Å². The molecule has 9 aromatic carbocycles. The molecule has 0 saturated heterocycles. The third-order valence-electron chi connectivity index (χ3n) is 12.4. The summed E-state index contributed by atoms with van der Waals surface area (Å²) in [4.78, 5) is 2.26. The van der Waals surface area contributed by atoms with Crippen molar-refractivity contribution in [3.8, 4) is 50.9 Å². The van der Waals surface area contributed by atoms with Crippen molar-refractivity contribution in [3.63, 3.8) is 0 Å². The van der Waals surface area contributed by atoms with Gasteiger partial charge in [-0.25, -0.2) is 0 Å². The first-order chi connectivity index (χ1) is 30.0. The van der Waals surface area contributed by atoms with Gasteiger partial charge in [0.2, 0.25) is 0 Å². The minimum absolute atomic E-state index is 0.193. The molecule has 2 nitrogen and oxygen atoms in total. The molecule has 0 spiro atoms. The summed E-state index contributed by atoms with van der Waals surface area (Å²) >= 11 is 0. The maximum absolute atomic E-state index is 3.38. The maximum Gasteiger partial charge on any atom is 0.0588 e. The van der Waals surface area contributed by atoms with Crippen molar-refractivity contribution in [3.05, 3.63) is 241 Å². The van der Waals surface area contributed by atoms with E-state index in [9.17, 15) is 0 Å². The van der Waals surface area contributed by atoms with Gasteiger partial charge < -0.3 is 9.47 Å². The van der Waals surface area contributed by atoms with Crippen molar-refractivity contribution in [2.45, 2.75) is 19.3 Å². The Bertz CT molecular complexity index is 3240. The van der Waals surface area contributed by atoms with Gasteiger partial charge in [-0.1, -0.05) is 159 Å². The molecule has 11 rings (SSSR count). The zero-order valence-electron chi connectivity index (χ0n) is 34.2. The zero-order chi connectivity index (χ0) is 40.9. The molecule has 0 fully saturated rings. The van der Waals surface area contributed by atoms with Gasteiger partial charge in [0.15, 0.2) is 0 Å². The Labute approximate surface area is 357 Å². The molecule has 0 N–H and O–H groups in total. The fourth-order valence-corrected chi connectivity index (χ4v) is 9.41. The Morgan fingerprint density at radius 3 is 1.51 bits per heavy atom. The Hall–Kier alpha value is -7.86. The second-order valence-corrected chi connectivity index (χ2v) is 16.4. The van der Waals surface area contributed by atoms with Gasteiger partial charge in [0.05, 0.1) is 11.0 Å². The van der Waals surface area contributed by atoms with Crippen LogP contribution in [0, 0.1) is 11.8 Å². The number of nitrogens with zero attached hydrogens (tertiary/aromatic N) is 2. The van der Waals surface area contributed by atoms with Crippen LogP contribution in [0.2, 0.25) is 0 Å². The summed E-state index contributed by atoms with van der Waals surface area (Å²) in [7, 11) is 0. The molecule has 61 heavy (non-hydrogen) atoms. The van der Waals surface area contributed by atoms with Crippen LogP contribution in [-0.4, -0.2) is 4.57 Å². The lowest BCUT2D eigenvalue weighted by atomic mass is 9.80. The summed E-state index contributed by atoms with van der Waals surface area (Å²) in [5.41, 5.74) is 19.1. The SMILES string of the molecule is CC1(C)c2cc(-c3ccc(-c4ccc(C#Cc5ccc(N(c6ccccc6)c6ccccc6)cc5)cc4)cc3)ccc2-c2ccc3c4ccccc4n(-c4ccccc4)c3c21. The van der Waals surface area contributed by atoms with Crippen molar-refractivity contribution in [2.24, 2.45) is 0 Å². The smallest absolute Gasteiger partial charge is 0.0588 e. The van der Waals surface area contributed by atoms with Crippen LogP contribution < -0.4 is 4.90 Å². The molecule has 1 aromatic heterocycles. The molecule has 10 aromatic rings. The van der Waals surface area contributed by atoms with E-state index in [1.807, 2.05) is 12.1 Å². The highest BCUT2D eigenvalue weighted by Gasteiger charge is 2.39. The number of hydrogen-bond donors (Lipinski definition) is 0. The number of benzene rings is 9. The lowest BCUT2D eigenvalue weighted by molar-refractivity contribution is 0.664. The predicted molar refractivity (Wildman–Crippen MR) is 256 cm³/mol. The van der Waals surface area contributed by atoms with Crippen LogP contribution in [0.3, 0.4) is 0 Å². The summed E-state index contributed by atoms with van der Waals surface area (Å²) in [6.07, 6.45) is 0. The Morgan fingerprint density at radius 2 is 0.885 bits per heavy atom. The van der Waals surface area contributed by atoms with Gasteiger partial charge in [0, 0.05) is 50.1 Å². The highest BCUT2D eigenvalue weighted by molar-refractivity contribution is 6.13. The second kappa shape index (κ2) is 14.8. The van der Waals surface area contributed by atoms with E-state index >= 15 is 0 Å². The third-order valence-corrected chi connectivity index (χ3v) is 12.4. The average Bonchev–Trinajstić information content (AvgIpc) is 3.78. The van der Waals surface area contributed by atoms with Gasteiger partial charge in [-0.2, -0.15) is 0 Å². The molecule has 0 amide bonds. The molecule has 0 bridgehead atoms.